The number of hydrogen-bond donors (Lipinski definition) is 1. The minimum absolute atomic E-state index is 0.0995. The van der Waals surface area contributed by atoms with Gasteiger partial charge in [0.05, 0.1) is 6.10 Å². The lowest BCUT2D eigenvalue weighted by molar-refractivity contribution is -0.148. The molecule has 1 aliphatic carbocycles. The smallest absolute Gasteiger partial charge is 0.251 e. The number of hydrogen-bond acceptors (Lipinski definition) is 5. The molecule has 0 aromatic carbocycles. The second-order valence-corrected chi connectivity index (χ2v) is 6.79. The van der Waals surface area contributed by atoms with Crippen LogP contribution in [0.1, 0.15) is 70.0 Å². The summed E-state index contributed by atoms with van der Waals surface area (Å²) in [5.74, 6) is 0.985. The van der Waals surface area contributed by atoms with Gasteiger partial charge in [0.15, 0.2) is 5.82 Å². The number of likely N-dealkylation sites (tertiary alicyclic amines) is 1. The number of aromatic nitrogens is 4. The summed E-state index contributed by atoms with van der Waals surface area (Å²) in [4.78, 5) is 14.6. The average Bonchev–Trinajstić information content (AvgIpc) is 3.00. The van der Waals surface area contributed by atoms with E-state index in [1.165, 1.54) is 25.7 Å². The predicted octanol–water partition coefficient (Wildman–Crippen LogP) is 2.03. The summed E-state index contributed by atoms with van der Waals surface area (Å²) in [7, 11) is 0. The highest BCUT2D eigenvalue weighted by Crippen LogP contribution is 2.25. The van der Waals surface area contributed by atoms with Gasteiger partial charge in [-0.15, -0.1) is 10.2 Å². The molecule has 0 radical (unpaired) electrons. The highest BCUT2D eigenvalue weighted by atomic mass is 16.5. The normalized spacial score (nSPS) is 25.1. The van der Waals surface area contributed by atoms with E-state index in [1.54, 1.807) is 0 Å². The van der Waals surface area contributed by atoms with E-state index in [4.69, 9.17) is 4.74 Å². The van der Waals surface area contributed by atoms with E-state index in [0.29, 0.717) is 12.4 Å². The second kappa shape index (κ2) is 7.86. The van der Waals surface area contributed by atoms with Crippen molar-refractivity contribution in [2.75, 3.05) is 13.1 Å². The van der Waals surface area contributed by atoms with Gasteiger partial charge in [-0.05, 0) is 32.6 Å². The minimum Gasteiger partial charge on any atom is -0.365 e. The SMILES string of the molecule is CC(OC1CCCCCC1)C(=O)N1CCCC(c2nn[nH]n2)C1. The van der Waals surface area contributed by atoms with Crippen LogP contribution in [0.3, 0.4) is 0 Å². The van der Waals surface area contributed by atoms with E-state index in [9.17, 15) is 4.79 Å². The van der Waals surface area contributed by atoms with E-state index < -0.39 is 0 Å². The van der Waals surface area contributed by atoms with E-state index in [0.717, 1.165) is 32.2 Å². The lowest BCUT2D eigenvalue weighted by Gasteiger charge is -2.33. The Hall–Kier alpha value is -1.50. The molecule has 1 aromatic rings. The highest BCUT2D eigenvalue weighted by molar-refractivity contribution is 5.80. The first-order valence-electron chi connectivity index (χ1n) is 8.91. The van der Waals surface area contributed by atoms with Gasteiger partial charge in [0, 0.05) is 19.0 Å². The molecule has 3 rings (SSSR count). The van der Waals surface area contributed by atoms with Crippen molar-refractivity contribution in [1.82, 2.24) is 25.5 Å². The first kappa shape index (κ1) is 16.4. The third kappa shape index (κ3) is 4.28. The molecular weight excluding hydrogens is 294 g/mol. The number of H-pyrrole nitrogens is 1. The molecule has 23 heavy (non-hydrogen) atoms. The number of rotatable bonds is 4. The number of tetrazole rings is 1. The predicted molar refractivity (Wildman–Crippen MR) is 84.8 cm³/mol. The van der Waals surface area contributed by atoms with Gasteiger partial charge < -0.3 is 9.64 Å². The van der Waals surface area contributed by atoms with Crippen LogP contribution in [0.4, 0.5) is 0 Å². The van der Waals surface area contributed by atoms with Crippen LogP contribution in [-0.4, -0.2) is 56.7 Å². The van der Waals surface area contributed by atoms with Crippen LogP contribution in [0.15, 0.2) is 0 Å². The van der Waals surface area contributed by atoms with E-state index in [1.807, 2.05) is 11.8 Å². The Kier molecular flexibility index (Phi) is 5.59. The summed E-state index contributed by atoms with van der Waals surface area (Å²) in [6, 6.07) is 0. The summed E-state index contributed by atoms with van der Waals surface area (Å²) in [6.07, 6.45) is 9.05. The molecule has 2 unspecified atom stereocenters. The molecule has 0 bridgehead atoms. The number of amides is 1. The lowest BCUT2D eigenvalue weighted by Crippen LogP contribution is -2.45. The first-order valence-corrected chi connectivity index (χ1v) is 8.91. The van der Waals surface area contributed by atoms with E-state index in [2.05, 4.69) is 20.6 Å². The monoisotopic (exact) mass is 321 g/mol. The van der Waals surface area contributed by atoms with Gasteiger partial charge >= 0.3 is 0 Å². The molecule has 2 heterocycles. The summed E-state index contributed by atoms with van der Waals surface area (Å²) >= 11 is 0. The molecule has 7 nitrogen and oxygen atoms in total. The van der Waals surface area contributed by atoms with Gasteiger partial charge in [0.1, 0.15) is 6.10 Å². The largest absolute Gasteiger partial charge is 0.365 e. The van der Waals surface area contributed by atoms with Crippen molar-refractivity contribution < 1.29 is 9.53 Å². The maximum atomic E-state index is 12.7. The molecule has 2 aliphatic rings. The first-order chi connectivity index (χ1) is 11.2. The number of piperidine rings is 1. The number of ether oxygens (including phenoxy) is 1. The molecule has 1 saturated heterocycles. The fourth-order valence-electron chi connectivity index (χ4n) is 3.71. The van der Waals surface area contributed by atoms with Crippen molar-refractivity contribution in [2.24, 2.45) is 0 Å². The molecule has 1 amide bonds. The molecule has 1 N–H and O–H groups in total. The van der Waals surface area contributed by atoms with E-state index in [-0.39, 0.29) is 24.0 Å². The van der Waals surface area contributed by atoms with Gasteiger partial charge in [-0.2, -0.15) is 5.21 Å². The number of carbonyl (C=O) groups excluding carboxylic acids is 1. The standard InChI is InChI=1S/C16H27N5O2/c1-12(23-14-8-4-2-3-5-9-14)16(22)21-10-6-7-13(11-21)15-17-19-20-18-15/h12-14H,2-11H2,1H3,(H,17,18,19,20). The van der Waals surface area contributed by atoms with Crippen LogP contribution < -0.4 is 0 Å². The summed E-state index contributed by atoms with van der Waals surface area (Å²) in [5.41, 5.74) is 0. The molecule has 0 spiro atoms. The summed E-state index contributed by atoms with van der Waals surface area (Å²) in [5, 5.41) is 14.3. The molecule has 1 aromatic heterocycles. The Bertz CT molecular complexity index is 485. The average molecular weight is 321 g/mol. The van der Waals surface area contributed by atoms with Crippen molar-refractivity contribution in [3.63, 3.8) is 0 Å². The van der Waals surface area contributed by atoms with Crippen LogP contribution in [-0.2, 0) is 9.53 Å². The topological polar surface area (TPSA) is 84.0 Å². The highest BCUT2D eigenvalue weighted by Gasteiger charge is 2.30. The Morgan fingerprint density at radius 1 is 1.22 bits per heavy atom. The fourth-order valence-corrected chi connectivity index (χ4v) is 3.71. The molecule has 2 atom stereocenters. The zero-order valence-electron chi connectivity index (χ0n) is 13.9. The maximum absolute atomic E-state index is 12.7. The van der Waals surface area contributed by atoms with E-state index >= 15 is 0 Å². The van der Waals surface area contributed by atoms with Crippen molar-refractivity contribution in [2.45, 2.75) is 76.4 Å². The van der Waals surface area contributed by atoms with Crippen LogP contribution in [0.25, 0.3) is 0 Å². The van der Waals surface area contributed by atoms with Gasteiger partial charge in [-0.1, -0.05) is 30.9 Å². The van der Waals surface area contributed by atoms with Crippen LogP contribution in [0.5, 0.6) is 0 Å². The zero-order valence-corrected chi connectivity index (χ0v) is 13.9. The quantitative estimate of drug-likeness (QED) is 0.858. The Labute approximate surface area is 137 Å². The van der Waals surface area contributed by atoms with Crippen molar-refractivity contribution in [3.05, 3.63) is 5.82 Å². The molecular formula is C16H27N5O2. The summed E-state index contributed by atoms with van der Waals surface area (Å²) in [6.45, 7) is 3.35. The van der Waals surface area contributed by atoms with Crippen molar-refractivity contribution >= 4 is 5.91 Å². The fraction of sp³-hybridized carbons (Fsp3) is 0.875. The Morgan fingerprint density at radius 2 is 2.00 bits per heavy atom. The number of nitrogens with zero attached hydrogens (tertiary/aromatic N) is 4. The van der Waals surface area contributed by atoms with Crippen molar-refractivity contribution in [3.8, 4) is 0 Å². The molecule has 128 valence electrons. The molecule has 1 saturated carbocycles. The minimum atomic E-state index is -0.359. The zero-order chi connectivity index (χ0) is 16.1. The van der Waals surface area contributed by atoms with Gasteiger partial charge in [-0.3, -0.25) is 4.79 Å². The maximum Gasteiger partial charge on any atom is 0.251 e. The van der Waals surface area contributed by atoms with Crippen LogP contribution >= 0.6 is 0 Å². The number of nitrogens with one attached hydrogen (secondary N) is 1. The summed E-state index contributed by atoms with van der Waals surface area (Å²) < 4.78 is 6.07. The molecule has 1 aliphatic heterocycles. The molecule has 7 heteroatoms. The third-order valence-corrected chi connectivity index (χ3v) is 5.01. The molecule has 2 fully saturated rings. The Balaban J connectivity index is 1.53. The van der Waals surface area contributed by atoms with Gasteiger partial charge in [0.2, 0.25) is 0 Å². The van der Waals surface area contributed by atoms with Gasteiger partial charge in [-0.25, -0.2) is 0 Å². The van der Waals surface area contributed by atoms with Crippen LogP contribution in [0, 0.1) is 0 Å². The number of carbonyl (C=O) groups is 1. The lowest BCUT2D eigenvalue weighted by atomic mass is 9.97. The van der Waals surface area contributed by atoms with Crippen molar-refractivity contribution in [1.29, 1.82) is 0 Å². The number of aromatic amines is 1. The van der Waals surface area contributed by atoms with Crippen LogP contribution in [0.2, 0.25) is 0 Å². The third-order valence-electron chi connectivity index (χ3n) is 5.01. The Morgan fingerprint density at radius 3 is 2.70 bits per heavy atom. The van der Waals surface area contributed by atoms with Gasteiger partial charge in [0.25, 0.3) is 5.91 Å². The second-order valence-electron chi connectivity index (χ2n) is 6.79.